The predicted octanol–water partition coefficient (Wildman–Crippen LogP) is 3.82. The number of primary amides is 1. The molecule has 8 heteroatoms. The summed E-state index contributed by atoms with van der Waals surface area (Å²) >= 11 is 1.15. The van der Waals surface area contributed by atoms with Gasteiger partial charge in [-0.1, -0.05) is 69.8 Å². The summed E-state index contributed by atoms with van der Waals surface area (Å²) in [5, 5.41) is 2.36. The van der Waals surface area contributed by atoms with Crippen molar-refractivity contribution >= 4 is 34.6 Å². The SMILES string of the molecule is CC(C)c1ccccc1-n1c(SC(C(=O)NC(N)=O)C(C)C)nc2ccccc2c1=O. The number of hydrogen-bond donors (Lipinski definition) is 2. The first-order chi connectivity index (χ1) is 14.7. The third-order valence-corrected chi connectivity index (χ3v) is 6.38. The van der Waals surface area contributed by atoms with Crippen molar-refractivity contribution in [2.24, 2.45) is 11.7 Å². The third kappa shape index (κ3) is 4.80. The van der Waals surface area contributed by atoms with E-state index in [0.29, 0.717) is 16.1 Å². The fourth-order valence-electron chi connectivity index (χ4n) is 3.38. The molecule has 1 heterocycles. The van der Waals surface area contributed by atoms with Gasteiger partial charge in [-0.05, 0) is 35.6 Å². The molecule has 0 bridgehead atoms. The largest absolute Gasteiger partial charge is 0.351 e. The van der Waals surface area contributed by atoms with Gasteiger partial charge in [0.15, 0.2) is 5.16 Å². The Morgan fingerprint density at radius 3 is 2.32 bits per heavy atom. The molecule has 3 aromatic rings. The van der Waals surface area contributed by atoms with E-state index in [2.05, 4.69) is 19.2 Å². The molecule has 1 unspecified atom stereocenters. The van der Waals surface area contributed by atoms with Crippen molar-refractivity contribution in [1.82, 2.24) is 14.9 Å². The highest BCUT2D eigenvalue weighted by atomic mass is 32.2. The third-order valence-electron chi connectivity index (χ3n) is 4.89. The maximum atomic E-state index is 13.6. The summed E-state index contributed by atoms with van der Waals surface area (Å²) in [5.41, 5.74) is 7.20. The van der Waals surface area contributed by atoms with Crippen LogP contribution in [0.1, 0.15) is 39.2 Å². The van der Waals surface area contributed by atoms with E-state index < -0.39 is 17.2 Å². The van der Waals surface area contributed by atoms with Crippen LogP contribution in [-0.2, 0) is 4.79 Å². The number of imide groups is 1. The van der Waals surface area contributed by atoms with Crippen molar-refractivity contribution in [3.8, 4) is 5.69 Å². The van der Waals surface area contributed by atoms with E-state index in [4.69, 9.17) is 10.7 Å². The fraction of sp³-hybridized carbons (Fsp3) is 0.304. The van der Waals surface area contributed by atoms with Crippen molar-refractivity contribution in [2.75, 3.05) is 0 Å². The first kappa shape index (κ1) is 22.6. The molecule has 0 spiro atoms. The van der Waals surface area contributed by atoms with E-state index >= 15 is 0 Å². The first-order valence-corrected chi connectivity index (χ1v) is 11.0. The standard InChI is InChI=1S/C23H26N4O3S/c1-13(2)15-9-6-8-12-18(15)27-21(29)16-10-5-7-11-17(16)25-23(27)31-19(14(3)4)20(28)26-22(24)30/h5-14,19H,1-4H3,(H3,24,26,28,30). The molecule has 31 heavy (non-hydrogen) atoms. The van der Waals surface area contributed by atoms with Crippen LogP contribution in [0.4, 0.5) is 4.79 Å². The van der Waals surface area contributed by atoms with Crippen LogP contribution in [0.15, 0.2) is 58.5 Å². The second-order valence-electron chi connectivity index (χ2n) is 7.90. The molecule has 0 aliphatic rings. The molecule has 3 N–H and O–H groups in total. The lowest BCUT2D eigenvalue weighted by molar-refractivity contribution is -0.120. The topological polar surface area (TPSA) is 107 Å². The van der Waals surface area contributed by atoms with E-state index in [1.807, 2.05) is 44.2 Å². The Morgan fingerprint density at radius 1 is 1.03 bits per heavy atom. The fourth-order valence-corrected chi connectivity index (χ4v) is 4.48. The highest BCUT2D eigenvalue weighted by Crippen LogP contribution is 2.31. The van der Waals surface area contributed by atoms with Crippen LogP contribution in [0.25, 0.3) is 16.6 Å². The summed E-state index contributed by atoms with van der Waals surface area (Å²) in [4.78, 5) is 42.1. The smallest absolute Gasteiger partial charge is 0.318 e. The average Bonchev–Trinajstić information content (AvgIpc) is 2.71. The molecule has 2 aromatic carbocycles. The van der Waals surface area contributed by atoms with Crippen LogP contribution >= 0.6 is 11.8 Å². The van der Waals surface area contributed by atoms with Gasteiger partial charge in [0.25, 0.3) is 5.56 Å². The molecule has 7 nitrogen and oxygen atoms in total. The number of para-hydroxylation sites is 2. The molecule has 3 amide bonds. The molecular formula is C23H26N4O3S. The van der Waals surface area contributed by atoms with Gasteiger partial charge in [0.1, 0.15) is 0 Å². The molecule has 162 valence electrons. The number of thioether (sulfide) groups is 1. The van der Waals surface area contributed by atoms with Crippen LogP contribution in [0.5, 0.6) is 0 Å². The number of hydrogen-bond acceptors (Lipinski definition) is 5. The van der Waals surface area contributed by atoms with Gasteiger partial charge in [-0.15, -0.1) is 0 Å². The van der Waals surface area contributed by atoms with Crippen molar-refractivity contribution in [3.05, 3.63) is 64.4 Å². The number of carbonyl (C=O) groups is 2. The summed E-state index contributed by atoms with van der Waals surface area (Å²) < 4.78 is 1.56. The molecule has 1 atom stereocenters. The molecule has 0 fully saturated rings. The summed E-state index contributed by atoms with van der Waals surface area (Å²) in [6.07, 6.45) is 0. The summed E-state index contributed by atoms with van der Waals surface area (Å²) in [7, 11) is 0. The molecule has 0 saturated heterocycles. The Labute approximate surface area is 185 Å². The molecule has 0 radical (unpaired) electrons. The van der Waals surface area contributed by atoms with Gasteiger partial charge in [-0.2, -0.15) is 0 Å². The van der Waals surface area contributed by atoms with Gasteiger partial charge in [-0.25, -0.2) is 9.78 Å². The Kier molecular flexibility index (Phi) is 6.80. The van der Waals surface area contributed by atoms with Crippen LogP contribution < -0.4 is 16.6 Å². The second kappa shape index (κ2) is 9.34. The highest BCUT2D eigenvalue weighted by Gasteiger charge is 2.28. The zero-order chi connectivity index (χ0) is 22.7. The van der Waals surface area contributed by atoms with Crippen LogP contribution in [0.2, 0.25) is 0 Å². The van der Waals surface area contributed by atoms with Gasteiger partial charge in [0, 0.05) is 0 Å². The number of nitrogens with two attached hydrogens (primary N) is 1. The average molecular weight is 439 g/mol. The first-order valence-electron chi connectivity index (χ1n) is 10.1. The molecule has 0 aliphatic carbocycles. The number of aromatic nitrogens is 2. The number of carbonyl (C=O) groups excluding carboxylic acids is 2. The van der Waals surface area contributed by atoms with Gasteiger partial charge >= 0.3 is 6.03 Å². The van der Waals surface area contributed by atoms with Crippen molar-refractivity contribution < 1.29 is 9.59 Å². The molecule has 1 aromatic heterocycles. The van der Waals surface area contributed by atoms with Crippen LogP contribution in [0.3, 0.4) is 0 Å². The predicted molar refractivity (Wildman–Crippen MR) is 124 cm³/mol. The van der Waals surface area contributed by atoms with Crippen LogP contribution in [-0.4, -0.2) is 26.7 Å². The van der Waals surface area contributed by atoms with Gasteiger partial charge in [-0.3, -0.25) is 19.5 Å². The Balaban J connectivity index is 2.26. The minimum atomic E-state index is -0.912. The number of fused-ring (bicyclic) bond motifs is 1. The van der Waals surface area contributed by atoms with E-state index in [1.165, 1.54) is 0 Å². The highest BCUT2D eigenvalue weighted by molar-refractivity contribution is 8.00. The number of nitrogens with one attached hydrogen (secondary N) is 1. The van der Waals surface area contributed by atoms with Crippen molar-refractivity contribution in [1.29, 1.82) is 0 Å². The monoisotopic (exact) mass is 438 g/mol. The molecule has 3 rings (SSSR count). The zero-order valence-electron chi connectivity index (χ0n) is 18.0. The van der Waals surface area contributed by atoms with Gasteiger partial charge < -0.3 is 5.73 Å². The van der Waals surface area contributed by atoms with Gasteiger partial charge in [0.05, 0.1) is 21.8 Å². The number of nitrogens with zero attached hydrogens (tertiary/aromatic N) is 2. The zero-order valence-corrected chi connectivity index (χ0v) is 18.8. The number of rotatable bonds is 6. The lowest BCUT2D eigenvalue weighted by Crippen LogP contribution is -2.42. The normalized spacial score (nSPS) is 12.3. The summed E-state index contributed by atoms with van der Waals surface area (Å²) in [6.45, 7) is 7.85. The van der Waals surface area contributed by atoms with Crippen LogP contribution in [0, 0.1) is 5.92 Å². The molecule has 0 saturated carbocycles. The van der Waals surface area contributed by atoms with Crippen molar-refractivity contribution in [2.45, 2.75) is 44.0 Å². The number of urea groups is 1. The molecule has 0 aliphatic heterocycles. The lowest BCUT2D eigenvalue weighted by Gasteiger charge is -2.22. The summed E-state index contributed by atoms with van der Waals surface area (Å²) in [5.74, 6) is -0.480. The lowest BCUT2D eigenvalue weighted by atomic mass is 10.0. The Morgan fingerprint density at radius 2 is 1.68 bits per heavy atom. The van der Waals surface area contributed by atoms with Crippen molar-refractivity contribution in [3.63, 3.8) is 0 Å². The number of amides is 3. The minimum Gasteiger partial charge on any atom is -0.351 e. The maximum Gasteiger partial charge on any atom is 0.318 e. The maximum absolute atomic E-state index is 13.6. The number of benzene rings is 2. The summed E-state index contributed by atoms with van der Waals surface area (Å²) in [6, 6.07) is 13.9. The van der Waals surface area contributed by atoms with E-state index in [0.717, 1.165) is 23.0 Å². The van der Waals surface area contributed by atoms with E-state index in [9.17, 15) is 14.4 Å². The molecular weight excluding hydrogens is 412 g/mol. The quantitative estimate of drug-likeness (QED) is 0.449. The Bertz CT molecular complexity index is 1190. The van der Waals surface area contributed by atoms with E-state index in [-0.39, 0.29) is 17.4 Å². The Hall–Kier alpha value is -3.13. The second-order valence-corrected chi connectivity index (χ2v) is 9.01. The van der Waals surface area contributed by atoms with E-state index in [1.54, 1.807) is 22.8 Å². The van der Waals surface area contributed by atoms with Gasteiger partial charge in [0.2, 0.25) is 5.91 Å². The minimum absolute atomic E-state index is 0.137.